The van der Waals surface area contributed by atoms with Crippen LogP contribution in [0.15, 0.2) is 12.1 Å². The Morgan fingerprint density at radius 2 is 1.89 bits per heavy atom. The summed E-state index contributed by atoms with van der Waals surface area (Å²) in [6.07, 6.45) is 4.85. The second-order valence-corrected chi connectivity index (χ2v) is 6.11. The lowest BCUT2D eigenvalue weighted by molar-refractivity contribution is 0.195. The number of nitrogens with two attached hydrogens (primary N) is 1. The molecule has 19 heavy (non-hydrogen) atoms. The summed E-state index contributed by atoms with van der Waals surface area (Å²) in [5.74, 6) is 1.40. The maximum Gasteiger partial charge on any atom is 0.168 e. The van der Waals surface area contributed by atoms with Gasteiger partial charge in [0.15, 0.2) is 11.5 Å². The summed E-state index contributed by atoms with van der Waals surface area (Å²) in [4.78, 5) is 0. The number of methoxy groups -OCH3 is 1. The van der Waals surface area contributed by atoms with E-state index in [1.807, 2.05) is 26.0 Å². The van der Waals surface area contributed by atoms with E-state index in [0.717, 1.165) is 18.4 Å². The zero-order valence-electron chi connectivity index (χ0n) is 11.8. The van der Waals surface area contributed by atoms with Crippen LogP contribution in [0.1, 0.15) is 45.1 Å². The highest BCUT2D eigenvalue weighted by Crippen LogP contribution is 2.42. The quantitative estimate of drug-likeness (QED) is 0.912. The highest BCUT2D eigenvalue weighted by atomic mass is 35.5. The van der Waals surface area contributed by atoms with Crippen LogP contribution in [-0.2, 0) is 5.54 Å². The molecule has 106 valence electrons. The molecule has 0 spiro atoms. The molecule has 0 atom stereocenters. The molecule has 0 aliphatic heterocycles. The number of rotatable bonds is 4. The molecule has 0 unspecified atom stereocenters. The lowest BCUT2D eigenvalue weighted by Crippen LogP contribution is -2.30. The van der Waals surface area contributed by atoms with Gasteiger partial charge in [-0.1, -0.05) is 11.6 Å². The predicted octanol–water partition coefficient (Wildman–Crippen LogP) is 3.86. The molecule has 0 saturated heterocycles. The second-order valence-electron chi connectivity index (χ2n) is 5.70. The van der Waals surface area contributed by atoms with E-state index in [4.69, 9.17) is 26.8 Å². The van der Waals surface area contributed by atoms with E-state index in [2.05, 4.69) is 0 Å². The molecule has 0 aromatic heterocycles. The fraction of sp³-hybridized carbons (Fsp3) is 0.600. The molecular weight excluding hydrogens is 262 g/mol. The predicted molar refractivity (Wildman–Crippen MR) is 78.1 cm³/mol. The smallest absolute Gasteiger partial charge is 0.168 e. The van der Waals surface area contributed by atoms with Crippen molar-refractivity contribution >= 4 is 11.6 Å². The van der Waals surface area contributed by atoms with Gasteiger partial charge in [-0.15, -0.1) is 0 Å². The van der Waals surface area contributed by atoms with Gasteiger partial charge in [-0.05, 0) is 51.7 Å². The maximum absolute atomic E-state index is 6.31. The van der Waals surface area contributed by atoms with Crippen molar-refractivity contribution in [2.75, 3.05) is 7.11 Å². The molecular formula is C15H22ClNO2. The van der Waals surface area contributed by atoms with Gasteiger partial charge in [-0.3, -0.25) is 0 Å². The first kappa shape index (κ1) is 14.5. The summed E-state index contributed by atoms with van der Waals surface area (Å²) >= 11 is 6.31. The van der Waals surface area contributed by atoms with Gasteiger partial charge in [0.25, 0.3) is 0 Å². The maximum atomic E-state index is 6.31. The Bertz CT molecular complexity index is 448. The summed E-state index contributed by atoms with van der Waals surface area (Å²) < 4.78 is 11.6. The average molecular weight is 284 g/mol. The van der Waals surface area contributed by atoms with Crippen molar-refractivity contribution in [3.63, 3.8) is 0 Å². The third-order valence-corrected chi connectivity index (χ3v) is 3.84. The molecule has 0 heterocycles. The molecule has 2 N–H and O–H groups in total. The molecule has 0 radical (unpaired) electrons. The van der Waals surface area contributed by atoms with Crippen molar-refractivity contribution in [1.82, 2.24) is 0 Å². The van der Waals surface area contributed by atoms with E-state index in [0.29, 0.717) is 16.5 Å². The van der Waals surface area contributed by atoms with Crippen LogP contribution in [-0.4, -0.2) is 13.2 Å². The van der Waals surface area contributed by atoms with E-state index in [9.17, 15) is 0 Å². The molecule has 1 aromatic rings. The van der Waals surface area contributed by atoms with Crippen LogP contribution < -0.4 is 15.2 Å². The van der Waals surface area contributed by atoms with Crippen LogP contribution in [0.2, 0.25) is 5.02 Å². The molecule has 1 aliphatic rings. The van der Waals surface area contributed by atoms with Gasteiger partial charge in [0, 0.05) is 16.1 Å². The molecule has 2 rings (SSSR count). The van der Waals surface area contributed by atoms with Gasteiger partial charge >= 0.3 is 0 Å². The number of halogens is 1. The van der Waals surface area contributed by atoms with Crippen molar-refractivity contribution in [3.8, 4) is 11.5 Å². The second kappa shape index (κ2) is 5.59. The molecule has 0 amide bonds. The normalized spacial score (nSPS) is 16.7. The number of benzene rings is 1. The molecule has 1 saturated carbocycles. The topological polar surface area (TPSA) is 44.5 Å². The minimum absolute atomic E-state index is 0.244. The van der Waals surface area contributed by atoms with Crippen molar-refractivity contribution in [2.24, 2.45) is 5.73 Å². The zero-order chi connectivity index (χ0) is 14.0. The standard InChI is InChI=1S/C15H22ClNO2/c1-15(2,17)13-11(16)8-9-12(18-3)14(13)19-10-6-4-5-7-10/h8-10H,4-7,17H2,1-3H3. The van der Waals surface area contributed by atoms with E-state index >= 15 is 0 Å². The Hall–Kier alpha value is -0.930. The highest BCUT2D eigenvalue weighted by molar-refractivity contribution is 6.31. The first-order chi connectivity index (χ1) is 8.93. The lowest BCUT2D eigenvalue weighted by Gasteiger charge is -2.27. The van der Waals surface area contributed by atoms with Gasteiger partial charge < -0.3 is 15.2 Å². The van der Waals surface area contributed by atoms with Crippen LogP contribution in [0.3, 0.4) is 0 Å². The SMILES string of the molecule is COc1ccc(Cl)c(C(C)(C)N)c1OC1CCCC1. The summed E-state index contributed by atoms with van der Waals surface area (Å²) in [6.45, 7) is 3.85. The number of hydrogen-bond acceptors (Lipinski definition) is 3. The molecule has 3 nitrogen and oxygen atoms in total. The molecule has 1 aromatic carbocycles. The summed E-state index contributed by atoms with van der Waals surface area (Å²) in [7, 11) is 1.64. The third-order valence-electron chi connectivity index (χ3n) is 3.52. The molecule has 0 bridgehead atoms. The minimum Gasteiger partial charge on any atom is -0.493 e. The summed E-state index contributed by atoms with van der Waals surface area (Å²) in [6, 6.07) is 3.65. The van der Waals surface area contributed by atoms with E-state index in [1.54, 1.807) is 7.11 Å². The summed E-state index contributed by atoms with van der Waals surface area (Å²) in [5.41, 5.74) is 6.49. The number of hydrogen-bond donors (Lipinski definition) is 1. The Kier molecular flexibility index (Phi) is 4.26. The molecule has 4 heteroatoms. The van der Waals surface area contributed by atoms with E-state index in [1.165, 1.54) is 12.8 Å². The monoisotopic (exact) mass is 283 g/mol. The van der Waals surface area contributed by atoms with Crippen LogP contribution in [0, 0.1) is 0 Å². The first-order valence-corrected chi connectivity index (χ1v) is 7.14. The van der Waals surface area contributed by atoms with Crippen molar-refractivity contribution in [2.45, 2.75) is 51.2 Å². The largest absolute Gasteiger partial charge is 0.493 e. The molecule has 1 aliphatic carbocycles. The first-order valence-electron chi connectivity index (χ1n) is 6.76. The van der Waals surface area contributed by atoms with Gasteiger partial charge in [-0.2, -0.15) is 0 Å². The lowest BCUT2D eigenvalue weighted by atomic mass is 9.94. The van der Waals surface area contributed by atoms with Crippen LogP contribution in [0.5, 0.6) is 11.5 Å². The van der Waals surface area contributed by atoms with Crippen LogP contribution in [0.4, 0.5) is 0 Å². The van der Waals surface area contributed by atoms with Gasteiger partial charge in [0.2, 0.25) is 0 Å². The van der Waals surface area contributed by atoms with Crippen molar-refractivity contribution in [3.05, 3.63) is 22.7 Å². The van der Waals surface area contributed by atoms with Crippen molar-refractivity contribution in [1.29, 1.82) is 0 Å². The van der Waals surface area contributed by atoms with E-state index < -0.39 is 5.54 Å². The van der Waals surface area contributed by atoms with Crippen LogP contribution >= 0.6 is 11.6 Å². The Balaban J connectivity index is 2.44. The fourth-order valence-corrected chi connectivity index (χ4v) is 2.98. The third kappa shape index (κ3) is 3.15. The molecule has 1 fully saturated rings. The average Bonchev–Trinajstić information content (AvgIpc) is 2.80. The minimum atomic E-state index is -0.570. The summed E-state index contributed by atoms with van der Waals surface area (Å²) in [5, 5.41) is 0.626. The Labute approximate surface area is 120 Å². The number of ether oxygens (including phenoxy) is 2. The highest BCUT2D eigenvalue weighted by Gasteiger charge is 2.28. The van der Waals surface area contributed by atoms with Gasteiger partial charge in [-0.25, -0.2) is 0 Å². The van der Waals surface area contributed by atoms with Gasteiger partial charge in [0.05, 0.1) is 13.2 Å². The Morgan fingerprint density at radius 3 is 2.42 bits per heavy atom. The van der Waals surface area contributed by atoms with E-state index in [-0.39, 0.29) is 6.10 Å². The zero-order valence-corrected chi connectivity index (χ0v) is 12.6. The van der Waals surface area contributed by atoms with Crippen LogP contribution in [0.25, 0.3) is 0 Å². The van der Waals surface area contributed by atoms with Gasteiger partial charge in [0.1, 0.15) is 0 Å². The fourth-order valence-electron chi connectivity index (χ4n) is 2.59. The Morgan fingerprint density at radius 1 is 1.26 bits per heavy atom. The van der Waals surface area contributed by atoms with Crippen molar-refractivity contribution < 1.29 is 9.47 Å².